The van der Waals surface area contributed by atoms with Gasteiger partial charge in [0.2, 0.25) is 5.91 Å². The number of H-pyrrole nitrogens is 1. The van der Waals surface area contributed by atoms with Crippen LogP contribution in [0.25, 0.3) is 11.0 Å². The Bertz CT molecular complexity index is 719. The number of aliphatic carboxylic acids is 1. The minimum absolute atomic E-state index is 0.0894. The molecule has 2 aromatic rings. The number of unbranched alkanes of at least 4 members (excludes halogenated alkanes) is 1. The highest BCUT2D eigenvalue weighted by molar-refractivity contribution is 5.93. The van der Waals surface area contributed by atoms with Crippen molar-refractivity contribution in [3.63, 3.8) is 0 Å². The maximum atomic E-state index is 11.9. The molecule has 1 aromatic carbocycles. The first-order chi connectivity index (χ1) is 11.1. The first-order valence-corrected chi connectivity index (χ1v) is 8.13. The van der Waals surface area contributed by atoms with Gasteiger partial charge in [-0.25, -0.2) is 4.98 Å². The predicted octanol–water partition coefficient (Wildman–Crippen LogP) is 3.41. The summed E-state index contributed by atoms with van der Waals surface area (Å²) in [4.78, 5) is 30.3. The molecule has 6 heteroatoms. The van der Waals surface area contributed by atoms with E-state index in [-0.39, 0.29) is 12.3 Å². The average molecular weight is 315 g/mol. The summed E-state index contributed by atoms with van der Waals surface area (Å²) in [5, 5.41) is 11.4. The highest BCUT2D eigenvalue weighted by Gasteiger charge is 2.22. The molecule has 3 N–H and O–H groups in total. The number of rotatable bonds is 7. The fraction of sp³-hybridized carbons (Fsp3) is 0.471. The van der Waals surface area contributed by atoms with Gasteiger partial charge in [-0.1, -0.05) is 6.42 Å². The number of carbonyl (C=O) groups is 2. The van der Waals surface area contributed by atoms with Gasteiger partial charge in [0.05, 0.1) is 11.0 Å². The van der Waals surface area contributed by atoms with Crippen LogP contribution in [-0.2, 0) is 9.59 Å². The van der Waals surface area contributed by atoms with Crippen LogP contribution in [0.5, 0.6) is 0 Å². The average Bonchev–Trinajstić information content (AvgIpc) is 2.83. The normalized spacial score (nSPS) is 14.6. The third-order valence-corrected chi connectivity index (χ3v) is 4.32. The molecule has 1 aliphatic carbocycles. The van der Waals surface area contributed by atoms with E-state index in [1.807, 2.05) is 18.2 Å². The Kier molecular flexibility index (Phi) is 4.60. The van der Waals surface area contributed by atoms with E-state index >= 15 is 0 Å². The van der Waals surface area contributed by atoms with Gasteiger partial charge < -0.3 is 15.4 Å². The minimum atomic E-state index is -0.822. The van der Waals surface area contributed by atoms with Gasteiger partial charge in [-0.05, 0) is 43.9 Å². The molecule has 0 unspecified atom stereocenters. The summed E-state index contributed by atoms with van der Waals surface area (Å²) in [5.41, 5.74) is 2.60. The van der Waals surface area contributed by atoms with Crippen LogP contribution >= 0.6 is 0 Å². The lowest BCUT2D eigenvalue weighted by Gasteiger charge is -2.22. The summed E-state index contributed by atoms with van der Waals surface area (Å²) in [6.07, 6.45) is 5.20. The summed E-state index contributed by atoms with van der Waals surface area (Å²) in [7, 11) is 0. The number of hydrogen-bond acceptors (Lipinski definition) is 3. The molecule has 1 fully saturated rings. The van der Waals surface area contributed by atoms with Gasteiger partial charge >= 0.3 is 5.97 Å². The van der Waals surface area contributed by atoms with Crippen LogP contribution in [0.15, 0.2) is 18.2 Å². The fourth-order valence-corrected chi connectivity index (χ4v) is 2.77. The summed E-state index contributed by atoms with van der Waals surface area (Å²) >= 11 is 0. The SMILES string of the molecule is O=C(O)CCCCC(=O)Nc1ccc2nc(C3CCC3)[nH]c2c1. The monoisotopic (exact) mass is 315 g/mol. The summed E-state index contributed by atoms with van der Waals surface area (Å²) in [5.74, 6) is 0.684. The zero-order valence-corrected chi connectivity index (χ0v) is 13.0. The van der Waals surface area contributed by atoms with Crippen LogP contribution < -0.4 is 5.32 Å². The Balaban J connectivity index is 1.57. The molecular formula is C17H21N3O3. The Morgan fingerprint density at radius 3 is 2.74 bits per heavy atom. The molecule has 23 heavy (non-hydrogen) atoms. The van der Waals surface area contributed by atoms with E-state index in [1.54, 1.807) is 0 Å². The van der Waals surface area contributed by atoms with E-state index in [4.69, 9.17) is 5.11 Å². The molecule has 0 radical (unpaired) electrons. The largest absolute Gasteiger partial charge is 0.481 e. The number of carbonyl (C=O) groups excluding carboxylic acids is 1. The highest BCUT2D eigenvalue weighted by Crippen LogP contribution is 2.35. The molecule has 122 valence electrons. The van der Waals surface area contributed by atoms with E-state index in [0.29, 0.717) is 25.2 Å². The number of nitrogens with zero attached hydrogens (tertiary/aromatic N) is 1. The second-order valence-corrected chi connectivity index (χ2v) is 6.13. The standard InChI is InChI=1S/C17H21N3O3/c21-15(6-1-2-7-16(22)23)18-12-8-9-13-14(10-12)20-17(19-13)11-4-3-5-11/h8-11H,1-7H2,(H,18,21)(H,19,20)(H,22,23). The van der Waals surface area contributed by atoms with E-state index in [0.717, 1.165) is 22.5 Å². The van der Waals surface area contributed by atoms with Crippen molar-refractivity contribution in [3.05, 3.63) is 24.0 Å². The maximum absolute atomic E-state index is 11.9. The lowest BCUT2D eigenvalue weighted by atomic mass is 9.85. The molecule has 1 heterocycles. The number of carboxylic acids is 1. The molecule has 0 bridgehead atoms. The van der Waals surface area contributed by atoms with Gasteiger partial charge in [0.1, 0.15) is 5.82 Å². The van der Waals surface area contributed by atoms with E-state index in [9.17, 15) is 9.59 Å². The topological polar surface area (TPSA) is 95.1 Å². The molecule has 1 aromatic heterocycles. The number of amides is 1. The van der Waals surface area contributed by atoms with Crippen molar-refractivity contribution in [1.82, 2.24) is 9.97 Å². The van der Waals surface area contributed by atoms with Gasteiger partial charge in [-0.2, -0.15) is 0 Å². The smallest absolute Gasteiger partial charge is 0.303 e. The van der Waals surface area contributed by atoms with Gasteiger partial charge in [0.15, 0.2) is 0 Å². The number of hydrogen-bond donors (Lipinski definition) is 3. The number of fused-ring (bicyclic) bond motifs is 1. The fourth-order valence-electron chi connectivity index (χ4n) is 2.77. The van der Waals surface area contributed by atoms with Crippen molar-refractivity contribution in [2.75, 3.05) is 5.32 Å². The van der Waals surface area contributed by atoms with E-state index in [2.05, 4.69) is 15.3 Å². The van der Waals surface area contributed by atoms with Crippen molar-refractivity contribution in [2.45, 2.75) is 50.9 Å². The summed E-state index contributed by atoms with van der Waals surface area (Å²) in [6.45, 7) is 0. The highest BCUT2D eigenvalue weighted by atomic mass is 16.4. The van der Waals surface area contributed by atoms with Crippen molar-refractivity contribution < 1.29 is 14.7 Å². The quantitative estimate of drug-likeness (QED) is 0.682. The molecule has 0 aliphatic heterocycles. The lowest BCUT2D eigenvalue weighted by Crippen LogP contribution is -2.11. The molecular weight excluding hydrogens is 294 g/mol. The van der Waals surface area contributed by atoms with Crippen LogP contribution in [0.2, 0.25) is 0 Å². The third-order valence-electron chi connectivity index (χ3n) is 4.32. The molecule has 0 spiro atoms. The number of anilines is 1. The van der Waals surface area contributed by atoms with Crippen LogP contribution in [0.4, 0.5) is 5.69 Å². The van der Waals surface area contributed by atoms with Crippen LogP contribution in [-0.4, -0.2) is 27.0 Å². The molecule has 3 rings (SSSR count). The Hall–Kier alpha value is -2.37. The molecule has 0 atom stereocenters. The Labute approximate surface area is 134 Å². The van der Waals surface area contributed by atoms with Crippen molar-refractivity contribution in [1.29, 1.82) is 0 Å². The summed E-state index contributed by atoms with van der Waals surface area (Å²) in [6, 6.07) is 5.66. The number of imidazole rings is 1. The van der Waals surface area contributed by atoms with Gasteiger partial charge in [0, 0.05) is 24.4 Å². The van der Waals surface area contributed by atoms with Gasteiger partial charge in [-0.15, -0.1) is 0 Å². The zero-order valence-electron chi connectivity index (χ0n) is 13.0. The zero-order chi connectivity index (χ0) is 16.2. The Morgan fingerprint density at radius 1 is 1.26 bits per heavy atom. The van der Waals surface area contributed by atoms with Crippen LogP contribution in [0.3, 0.4) is 0 Å². The Morgan fingerprint density at radius 2 is 2.04 bits per heavy atom. The van der Waals surface area contributed by atoms with Crippen molar-refractivity contribution in [2.24, 2.45) is 0 Å². The van der Waals surface area contributed by atoms with Crippen LogP contribution in [0, 0.1) is 0 Å². The number of nitrogens with one attached hydrogen (secondary N) is 2. The third kappa shape index (κ3) is 3.88. The molecule has 1 amide bonds. The first kappa shape index (κ1) is 15.5. The number of carboxylic acid groups (broad SMARTS) is 1. The minimum Gasteiger partial charge on any atom is -0.481 e. The number of aromatic nitrogens is 2. The maximum Gasteiger partial charge on any atom is 0.303 e. The molecule has 1 saturated carbocycles. The van der Waals surface area contributed by atoms with E-state index < -0.39 is 5.97 Å². The van der Waals surface area contributed by atoms with Crippen LogP contribution in [0.1, 0.15) is 56.7 Å². The number of aromatic amines is 1. The molecule has 1 aliphatic rings. The lowest BCUT2D eigenvalue weighted by molar-refractivity contribution is -0.137. The predicted molar refractivity (Wildman–Crippen MR) is 87.4 cm³/mol. The van der Waals surface area contributed by atoms with Gasteiger partial charge in [-0.3, -0.25) is 9.59 Å². The van der Waals surface area contributed by atoms with Crippen molar-refractivity contribution >= 4 is 28.6 Å². The molecule has 0 saturated heterocycles. The van der Waals surface area contributed by atoms with Crippen molar-refractivity contribution in [3.8, 4) is 0 Å². The first-order valence-electron chi connectivity index (χ1n) is 8.13. The summed E-state index contributed by atoms with van der Waals surface area (Å²) < 4.78 is 0. The molecule has 6 nitrogen and oxygen atoms in total. The number of benzene rings is 1. The van der Waals surface area contributed by atoms with E-state index in [1.165, 1.54) is 19.3 Å². The second kappa shape index (κ2) is 6.81. The second-order valence-electron chi connectivity index (χ2n) is 6.13. The van der Waals surface area contributed by atoms with Gasteiger partial charge in [0.25, 0.3) is 0 Å².